The number of ketones is 2. The molecule has 3 aromatic heterocycles. The van der Waals surface area contributed by atoms with E-state index >= 15 is 0 Å². The van der Waals surface area contributed by atoms with Crippen LogP contribution in [-0.2, 0) is 60.3 Å². The van der Waals surface area contributed by atoms with Gasteiger partial charge in [0.2, 0.25) is 17.8 Å². The molecule has 119 heavy (non-hydrogen) atoms. The number of sulfone groups is 2. The van der Waals surface area contributed by atoms with Crippen LogP contribution in [0, 0.1) is 0 Å². The molecule has 5 aliphatic carbocycles. The molecule has 25 nitrogen and oxygen atoms in total. The predicted molar refractivity (Wildman–Crippen MR) is 419 cm³/mol. The van der Waals surface area contributed by atoms with Crippen LogP contribution in [0.15, 0.2) is 146 Å². The highest BCUT2D eigenvalue weighted by Gasteiger charge is 2.57. The summed E-state index contributed by atoms with van der Waals surface area (Å²) in [6.45, 7) is -2.40. The van der Waals surface area contributed by atoms with Gasteiger partial charge in [0.1, 0.15) is 40.0 Å². The summed E-state index contributed by atoms with van der Waals surface area (Å²) >= 11 is 18.0. The maximum absolute atomic E-state index is 13.2. The Bertz CT molecular complexity index is 5440. The number of carboxylic acid groups (broad SMARTS) is 1. The molecule has 0 spiro atoms. The Balaban J connectivity index is 0.000000156. The van der Waals surface area contributed by atoms with Crippen molar-refractivity contribution in [2.45, 2.75) is 141 Å². The number of likely N-dealkylation sites (tertiary alicyclic amines) is 1. The largest absolute Gasteiger partial charge is 0.478 e. The molecule has 6 aliphatic rings. The Morgan fingerprint density at radius 2 is 0.723 bits per heavy atom. The lowest BCUT2D eigenvalue weighted by Crippen LogP contribution is -2.40. The molecule has 15 rings (SSSR count). The Morgan fingerprint density at radius 1 is 0.420 bits per heavy atom. The van der Waals surface area contributed by atoms with Crippen molar-refractivity contribution in [1.29, 1.82) is 0 Å². The van der Waals surface area contributed by atoms with E-state index in [0.29, 0.717) is 57.4 Å². The lowest BCUT2D eigenvalue weighted by Gasteiger charge is -2.22. The fourth-order valence-electron chi connectivity index (χ4n) is 13.4. The van der Waals surface area contributed by atoms with Gasteiger partial charge in [-0.1, -0.05) is 132 Å². The van der Waals surface area contributed by atoms with E-state index in [2.05, 4.69) is 65.7 Å². The molecule has 1 saturated heterocycles. The quantitative estimate of drug-likeness (QED) is 0.0169. The summed E-state index contributed by atoms with van der Waals surface area (Å²) in [6.07, 6.45) is -4.72. The van der Waals surface area contributed by atoms with E-state index in [1.54, 1.807) is 84.9 Å². The fraction of sp³-hybridized carbons (Fsp3) is 0.388. The first-order valence-electron chi connectivity index (χ1n) is 37.4. The number of hydrogen-bond acceptors (Lipinski definition) is 24. The van der Waals surface area contributed by atoms with Crippen LogP contribution in [0.3, 0.4) is 0 Å². The number of hydrogen-bond donors (Lipinski definition) is 4. The van der Waals surface area contributed by atoms with Gasteiger partial charge in [-0.25, -0.2) is 21.6 Å². The van der Waals surface area contributed by atoms with Gasteiger partial charge in [-0.05, 0) is 172 Å². The Kier molecular flexibility index (Phi) is 25.3. The number of carbonyl (C=O) groups is 4. The van der Waals surface area contributed by atoms with E-state index in [4.69, 9.17) is 54.1 Å². The number of anilines is 3. The first-order valence-corrected chi connectivity index (χ1v) is 41.9. The summed E-state index contributed by atoms with van der Waals surface area (Å²) in [5, 5.41) is 20.4. The fourth-order valence-corrected chi connectivity index (χ4v) is 17.4. The number of nitrogens with one attached hydrogen (secondary N) is 3. The molecule has 4 heterocycles. The number of carbonyl (C=O) groups excluding carboxylic acids is 3. The van der Waals surface area contributed by atoms with Crippen LogP contribution in [0.2, 0.25) is 15.1 Å². The Morgan fingerprint density at radius 3 is 0.992 bits per heavy atom. The number of benzene rings is 6. The lowest BCUT2D eigenvalue weighted by molar-refractivity contribution is -0.155. The number of nitrogens with zero attached hydrogens (tertiary/aromatic N) is 10. The van der Waals surface area contributed by atoms with E-state index in [1.165, 1.54) is 24.3 Å². The second-order valence-corrected chi connectivity index (χ2v) is 36.1. The maximum atomic E-state index is 13.2. The predicted octanol–water partition coefficient (Wildman–Crippen LogP) is 14.7. The van der Waals surface area contributed by atoms with E-state index in [-0.39, 0.29) is 84.1 Å². The number of carboxylic acids is 1. The smallest absolute Gasteiger partial charge is 0.422 e. The zero-order valence-corrected chi connectivity index (χ0v) is 66.9. The summed E-state index contributed by atoms with van der Waals surface area (Å²) in [4.78, 5) is 87.5. The maximum Gasteiger partial charge on any atom is 0.422 e. The third-order valence-corrected chi connectivity index (χ3v) is 26.4. The number of alkyl halides is 9. The van der Waals surface area contributed by atoms with Crippen molar-refractivity contribution in [2.75, 3.05) is 66.9 Å². The molecule has 6 aromatic carbocycles. The number of aldehydes is 1. The molecule has 6 fully saturated rings. The van der Waals surface area contributed by atoms with Crippen LogP contribution >= 0.6 is 34.8 Å². The molecular weight excluding hydrogens is 1680 g/mol. The highest BCUT2D eigenvalue weighted by Crippen LogP contribution is 2.51. The average Bonchev–Trinajstić information content (AvgIpc) is 1.58. The first kappa shape index (κ1) is 86.6. The summed E-state index contributed by atoms with van der Waals surface area (Å²) in [5.74, 6) is -2.83. The molecule has 9 aromatic rings. The third-order valence-electron chi connectivity index (χ3n) is 20.8. The normalized spacial score (nSPS) is 17.0. The molecular formula is C80H75Cl3F9N13O12S2. The van der Waals surface area contributed by atoms with Gasteiger partial charge in [-0.2, -0.15) is 84.4 Å². The van der Waals surface area contributed by atoms with Gasteiger partial charge in [0.25, 0.3) is 0 Å². The van der Waals surface area contributed by atoms with E-state index in [9.17, 15) is 75.5 Å². The van der Waals surface area contributed by atoms with Crippen LogP contribution in [-0.4, -0.2) is 175 Å². The first-order chi connectivity index (χ1) is 56.3. The second-order valence-electron chi connectivity index (χ2n) is 30.1. The van der Waals surface area contributed by atoms with Crippen molar-refractivity contribution in [3.05, 3.63) is 228 Å². The summed E-state index contributed by atoms with van der Waals surface area (Å²) in [7, 11) is -7.54. The van der Waals surface area contributed by atoms with E-state index < -0.39 is 131 Å². The van der Waals surface area contributed by atoms with Gasteiger partial charge in [-0.15, -0.1) is 0 Å². The number of rotatable bonds is 33. The Hall–Kier alpha value is -10.3. The van der Waals surface area contributed by atoms with Crippen molar-refractivity contribution < 1.29 is 94.8 Å². The van der Waals surface area contributed by atoms with Gasteiger partial charge in [0.05, 0.1) is 26.9 Å². The zero-order chi connectivity index (χ0) is 85.0. The number of Topliss-reactive ketones (excluding diaryl/α,β-unsaturated/α-hetero) is 2. The number of aromatic carboxylic acids is 1. The minimum atomic E-state index is -4.60. The summed E-state index contributed by atoms with van der Waals surface area (Å²) in [5.41, 5.74) is 3.85. The van der Waals surface area contributed by atoms with Crippen molar-refractivity contribution in [3.8, 4) is 18.0 Å². The minimum absolute atomic E-state index is 0.0424. The third kappa shape index (κ3) is 23.0. The van der Waals surface area contributed by atoms with Crippen LogP contribution in [0.4, 0.5) is 57.4 Å². The minimum Gasteiger partial charge on any atom is -0.478 e. The summed E-state index contributed by atoms with van der Waals surface area (Å²) in [6, 6.07) is 38.8. The second kappa shape index (κ2) is 34.8. The topological polar surface area (TPSA) is 340 Å². The average molecular weight is 1750 g/mol. The molecule has 5 saturated carbocycles. The van der Waals surface area contributed by atoms with Crippen LogP contribution in [0.25, 0.3) is 0 Å². The molecule has 1 aliphatic heterocycles. The van der Waals surface area contributed by atoms with Gasteiger partial charge < -0.3 is 45.0 Å². The van der Waals surface area contributed by atoms with E-state index in [0.717, 1.165) is 81.1 Å². The van der Waals surface area contributed by atoms with Gasteiger partial charge in [-0.3, -0.25) is 9.59 Å². The number of halogens is 12. The van der Waals surface area contributed by atoms with Crippen LogP contribution < -0.4 is 30.2 Å². The number of aromatic nitrogens is 9. The molecule has 0 atom stereocenters. The van der Waals surface area contributed by atoms with Gasteiger partial charge >= 0.3 is 42.5 Å². The molecule has 0 amide bonds. The van der Waals surface area contributed by atoms with Crippen LogP contribution in [0.5, 0.6) is 18.0 Å². The lowest BCUT2D eigenvalue weighted by atomic mass is 10.1. The molecule has 0 bridgehead atoms. The molecule has 628 valence electrons. The van der Waals surface area contributed by atoms with Crippen molar-refractivity contribution >= 4 is 96.1 Å². The highest BCUT2D eigenvalue weighted by molar-refractivity contribution is 7.94. The van der Waals surface area contributed by atoms with Crippen LogP contribution in [0.1, 0.15) is 159 Å². The van der Waals surface area contributed by atoms with Crippen molar-refractivity contribution in [3.63, 3.8) is 0 Å². The molecule has 39 heteroatoms. The zero-order valence-electron chi connectivity index (χ0n) is 63.0. The van der Waals surface area contributed by atoms with Gasteiger partial charge in [0, 0.05) is 52.0 Å². The Labute approximate surface area is 690 Å². The molecule has 0 radical (unpaired) electrons. The monoisotopic (exact) mass is 1750 g/mol. The molecule has 0 unspecified atom stereocenters. The van der Waals surface area contributed by atoms with Crippen molar-refractivity contribution in [1.82, 2.24) is 49.8 Å². The molecule has 4 N–H and O–H groups in total. The number of ether oxygens (including phenoxy) is 3. The van der Waals surface area contributed by atoms with Gasteiger partial charge in [0.15, 0.2) is 51.1 Å². The van der Waals surface area contributed by atoms with Crippen molar-refractivity contribution in [2.24, 2.45) is 0 Å². The standard InChI is InChI=1S/C31H33ClF3N5O4S.C27H24ClF3N4O5S.C22H18ClF3N4O3/c32-24-9-7-23(8-10-24)30(13-14-30)39-27-36-26(37-28(38-27)44-20-31(33,34)35)17-21-3-5-22(6-4-21)25(41)18-45(42,43)29(11-12-29)19-40-15-1-2-16-40;28-20-7-5-19(6-8-20)26(11-12-26)35-23-32-22(33-24(34-23)40-16-27(29,30)31)13-17-1-3-18(4-2-17)21(37)14-41(38,39)25(15-36)9-10-25;23-16-7-5-15(6-8-16)21(9-10-21)30-19-27-17(28-20(29-19)33-12-22(24,25)26)11-13-1-3-14(4-2-13)18(31)32/h3-10H,1-2,11-20H2,(H,36,37,38,39);1-8,15H,9-14,16H2,(H,32,33,34,35);1-8H,9-12H2,(H,31,32)(H,27,28,29,30). The summed E-state index contributed by atoms with van der Waals surface area (Å²) < 4.78 is 179. The van der Waals surface area contributed by atoms with E-state index in [1.807, 2.05) is 36.4 Å². The highest BCUT2D eigenvalue weighted by atomic mass is 35.5. The SMILES string of the molecule is O=C(CS(=O)(=O)C1(CN2CCCC2)CC1)c1ccc(Cc2nc(NC3(c4ccc(Cl)cc4)CC3)nc(OCC(F)(F)F)n2)cc1.O=C(O)c1ccc(Cc2nc(NC3(c4ccc(Cl)cc4)CC3)nc(OCC(F)(F)F)n2)cc1.O=CC1(S(=O)(=O)CC(=O)c2ccc(Cc3nc(NC4(c5ccc(Cl)cc5)CC4)nc(OCC(F)(F)F)n3)cc2)CC1.